The maximum absolute atomic E-state index is 13.6. The summed E-state index contributed by atoms with van der Waals surface area (Å²) in [6.07, 6.45) is 3.30. The van der Waals surface area contributed by atoms with E-state index in [2.05, 4.69) is 51.8 Å². The molecule has 7 atom stereocenters. The molecule has 0 fully saturated rings. The maximum atomic E-state index is 13.6. The van der Waals surface area contributed by atoms with Gasteiger partial charge in [-0.2, -0.15) is 0 Å². The van der Waals surface area contributed by atoms with Crippen molar-refractivity contribution in [1.82, 2.24) is 51.8 Å². The lowest BCUT2D eigenvalue weighted by atomic mass is 10.0. The minimum atomic E-state index is -1.67. The second-order valence-electron chi connectivity index (χ2n) is 13.6. The summed E-state index contributed by atoms with van der Waals surface area (Å²) in [4.78, 5) is 140. The predicted molar refractivity (Wildman–Crippen MR) is 200 cm³/mol. The van der Waals surface area contributed by atoms with E-state index in [1.807, 2.05) is 0 Å². The van der Waals surface area contributed by atoms with E-state index < -0.39 is 120 Å². The molecule has 0 aromatic carbocycles. The molecule has 0 saturated carbocycles. The Hall–Kier alpha value is -6.92. The van der Waals surface area contributed by atoms with Gasteiger partial charge in [0.05, 0.1) is 31.5 Å². The second-order valence-corrected chi connectivity index (χ2v) is 13.6. The molecule has 2 aromatic rings. The molecule has 25 heteroatoms. The molecule has 58 heavy (non-hydrogen) atoms. The van der Waals surface area contributed by atoms with Gasteiger partial charge in [-0.15, -0.1) is 0 Å². The Morgan fingerprint density at radius 2 is 1.05 bits per heavy atom. The van der Waals surface area contributed by atoms with Crippen LogP contribution in [0.15, 0.2) is 25.0 Å². The van der Waals surface area contributed by atoms with Crippen molar-refractivity contribution in [3.05, 3.63) is 36.4 Å². The molecular formula is C33H51N15O10. The third-order valence-electron chi connectivity index (χ3n) is 8.36. The highest BCUT2D eigenvalue weighted by molar-refractivity contribution is 5.98. The van der Waals surface area contributed by atoms with E-state index in [4.69, 9.17) is 28.7 Å². The van der Waals surface area contributed by atoms with Crippen molar-refractivity contribution in [1.29, 1.82) is 0 Å². The zero-order chi connectivity index (χ0) is 43.7. The summed E-state index contributed by atoms with van der Waals surface area (Å²) >= 11 is 0. The van der Waals surface area contributed by atoms with Gasteiger partial charge in [0.15, 0.2) is 0 Å². The smallest absolute Gasteiger partial charge is 0.243 e. The number of nitrogens with two attached hydrogens (primary N) is 5. The molecule has 318 valence electrons. The topological polar surface area (TPSA) is 430 Å². The lowest BCUT2D eigenvalue weighted by molar-refractivity contribution is -0.136. The van der Waals surface area contributed by atoms with Gasteiger partial charge in [-0.1, -0.05) is 13.8 Å². The number of primary amides is 4. The zero-order valence-electron chi connectivity index (χ0n) is 32.0. The molecule has 2 heterocycles. The van der Waals surface area contributed by atoms with E-state index >= 15 is 0 Å². The Bertz CT molecular complexity index is 1780. The molecule has 2 aromatic heterocycles. The average Bonchev–Trinajstić information content (AvgIpc) is 3.85. The van der Waals surface area contributed by atoms with Crippen molar-refractivity contribution in [3.8, 4) is 0 Å². The minimum Gasteiger partial charge on any atom is -0.370 e. The molecular weight excluding hydrogens is 766 g/mol. The number of aromatic amines is 2. The molecule has 0 aliphatic heterocycles. The lowest BCUT2D eigenvalue weighted by Crippen LogP contribution is -2.60. The Morgan fingerprint density at radius 3 is 1.53 bits per heavy atom. The fourth-order valence-electron chi connectivity index (χ4n) is 5.22. The van der Waals surface area contributed by atoms with Crippen LogP contribution in [0.4, 0.5) is 0 Å². The van der Waals surface area contributed by atoms with Crippen molar-refractivity contribution < 1.29 is 47.9 Å². The summed E-state index contributed by atoms with van der Waals surface area (Å²) in [5, 5.41) is 14.4. The summed E-state index contributed by atoms with van der Waals surface area (Å²) in [6.45, 7) is 4.35. The summed E-state index contributed by atoms with van der Waals surface area (Å²) in [5.41, 5.74) is 27.7. The standard InChI is InChI=1S/C33H51N15O10/c1-14(2)26(48-30(55)19(4-5-23(35)49)44-29(54)18(34)8-24(36)50)33(58)43-15(3)28(53)46-22(9-25(37)51)32(57)47-21(7-17-11-40-13-42-17)31(56)45-20(27(38)52)6-16-10-39-12-41-16/h10-15,18-22,26H,4-9,34H2,1-3H3,(H2,35,49)(H2,36,50)(H2,37,51)(H2,38,52)(H,39,41)(H,40,42)(H,43,58)(H,44,54)(H,45,56)(H,46,53)(H,47,57)(H,48,55)/t15-,18-,19-,20-,21-,22-,26-/m0/s1. The van der Waals surface area contributed by atoms with Crippen LogP contribution in [0.25, 0.3) is 0 Å². The van der Waals surface area contributed by atoms with Crippen LogP contribution in [-0.2, 0) is 60.8 Å². The first-order valence-electron chi connectivity index (χ1n) is 17.8. The van der Waals surface area contributed by atoms with Gasteiger partial charge < -0.3 is 70.5 Å². The van der Waals surface area contributed by atoms with Crippen molar-refractivity contribution in [2.24, 2.45) is 34.6 Å². The predicted octanol–water partition coefficient (Wildman–Crippen LogP) is -6.67. The van der Waals surface area contributed by atoms with Crippen LogP contribution in [0.1, 0.15) is 57.8 Å². The SMILES string of the molecule is CC(C)[C@H](NC(=O)[C@H](CCC(N)=O)NC(=O)[C@@H](N)CC(N)=O)C(=O)N[C@@H](C)C(=O)N[C@@H](CC(N)=O)C(=O)N[C@@H](Cc1cnc[nH]1)C(=O)N[C@@H](Cc1cnc[nH]1)C(N)=O. The van der Waals surface area contributed by atoms with Crippen molar-refractivity contribution in [2.75, 3.05) is 0 Å². The van der Waals surface area contributed by atoms with Gasteiger partial charge in [-0.3, -0.25) is 47.9 Å². The number of imidazole rings is 2. The van der Waals surface area contributed by atoms with Gasteiger partial charge >= 0.3 is 0 Å². The van der Waals surface area contributed by atoms with Gasteiger partial charge in [-0.05, 0) is 19.3 Å². The maximum Gasteiger partial charge on any atom is 0.243 e. The Morgan fingerprint density at radius 1 is 0.569 bits per heavy atom. The van der Waals surface area contributed by atoms with Gasteiger partial charge in [0.2, 0.25) is 59.1 Å². The molecule has 0 spiro atoms. The number of H-pyrrole nitrogens is 2. The molecule has 0 radical (unpaired) electrons. The van der Waals surface area contributed by atoms with Gasteiger partial charge in [0.1, 0.15) is 36.3 Å². The summed E-state index contributed by atoms with van der Waals surface area (Å²) in [5.74, 6) is -9.85. The molecule has 25 nitrogen and oxygen atoms in total. The number of rotatable bonds is 25. The second kappa shape index (κ2) is 22.6. The monoisotopic (exact) mass is 817 g/mol. The van der Waals surface area contributed by atoms with Crippen LogP contribution in [0, 0.1) is 5.92 Å². The molecule has 18 N–H and O–H groups in total. The number of nitrogens with zero attached hydrogens (tertiary/aromatic N) is 2. The van der Waals surface area contributed by atoms with E-state index in [0.717, 1.165) is 0 Å². The van der Waals surface area contributed by atoms with Crippen LogP contribution in [0.5, 0.6) is 0 Å². The van der Waals surface area contributed by atoms with Crippen molar-refractivity contribution in [3.63, 3.8) is 0 Å². The average molecular weight is 818 g/mol. The number of hydrogen-bond acceptors (Lipinski definition) is 13. The summed E-state index contributed by atoms with van der Waals surface area (Å²) < 4.78 is 0. The fourth-order valence-corrected chi connectivity index (χ4v) is 5.22. The van der Waals surface area contributed by atoms with Crippen molar-refractivity contribution in [2.45, 2.75) is 102 Å². The fraction of sp³-hybridized carbons (Fsp3) is 0.515. The van der Waals surface area contributed by atoms with Crippen LogP contribution in [0.3, 0.4) is 0 Å². The van der Waals surface area contributed by atoms with Crippen LogP contribution < -0.4 is 60.6 Å². The highest BCUT2D eigenvalue weighted by Crippen LogP contribution is 2.08. The highest BCUT2D eigenvalue weighted by atomic mass is 16.2. The highest BCUT2D eigenvalue weighted by Gasteiger charge is 2.34. The molecule has 0 bridgehead atoms. The first-order chi connectivity index (χ1) is 27.2. The first kappa shape index (κ1) is 47.2. The number of nitrogens with one attached hydrogen (secondary N) is 8. The van der Waals surface area contributed by atoms with Gasteiger partial charge in [0, 0.05) is 43.0 Å². The third kappa shape index (κ3) is 16.0. The van der Waals surface area contributed by atoms with Crippen LogP contribution in [-0.4, -0.2) is 121 Å². The first-order valence-corrected chi connectivity index (χ1v) is 17.8. The number of carbonyl (C=O) groups is 10. The van der Waals surface area contributed by atoms with E-state index in [9.17, 15) is 47.9 Å². The molecule has 0 saturated heterocycles. The van der Waals surface area contributed by atoms with Crippen LogP contribution in [0.2, 0.25) is 0 Å². The van der Waals surface area contributed by atoms with E-state index in [-0.39, 0.29) is 25.7 Å². The largest absolute Gasteiger partial charge is 0.370 e. The number of hydrogen-bond donors (Lipinski definition) is 13. The Balaban J connectivity index is 2.20. The number of aromatic nitrogens is 4. The van der Waals surface area contributed by atoms with Crippen LogP contribution >= 0.6 is 0 Å². The van der Waals surface area contributed by atoms with Crippen molar-refractivity contribution >= 4 is 59.1 Å². The van der Waals surface area contributed by atoms with E-state index in [0.29, 0.717) is 11.4 Å². The molecule has 10 amide bonds. The molecule has 0 unspecified atom stereocenters. The minimum absolute atomic E-state index is 0.0589. The number of carbonyl (C=O) groups excluding carboxylic acids is 10. The lowest BCUT2D eigenvalue weighted by Gasteiger charge is -2.27. The summed E-state index contributed by atoms with van der Waals surface area (Å²) in [6, 6.07) is -9.91. The Labute approximate surface area is 331 Å². The quantitative estimate of drug-likeness (QED) is 0.0444. The van der Waals surface area contributed by atoms with E-state index in [1.165, 1.54) is 32.0 Å². The normalized spacial score (nSPS) is 14.6. The Kier molecular flexibility index (Phi) is 18.4. The third-order valence-corrected chi connectivity index (χ3v) is 8.36. The van der Waals surface area contributed by atoms with Gasteiger partial charge in [0.25, 0.3) is 0 Å². The number of amides is 10. The van der Waals surface area contributed by atoms with Gasteiger partial charge in [-0.25, -0.2) is 9.97 Å². The zero-order valence-corrected chi connectivity index (χ0v) is 32.0. The molecule has 2 rings (SSSR count). The molecule has 0 aliphatic rings. The molecule has 0 aliphatic carbocycles. The summed E-state index contributed by atoms with van der Waals surface area (Å²) in [7, 11) is 0. The van der Waals surface area contributed by atoms with E-state index in [1.54, 1.807) is 13.8 Å².